The van der Waals surface area contributed by atoms with Gasteiger partial charge < -0.3 is 10.6 Å². The van der Waals surface area contributed by atoms with E-state index < -0.39 is 10.0 Å². The van der Waals surface area contributed by atoms with E-state index in [2.05, 4.69) is 32.8 Å². The highest BCUT2D eigenvalue weighted by molar-refractivity contribution is 7.88. The van der Waals surface area contributed by atoms with Crippen molar-refractivity contribution in [3.63, 3.8) is 0 Å². The van der Waals surface area contributed by atoms with E-state index in [4.69, 9.17) is 5.73 Å². The van der Waals surface area contributed by atoms with Crippen molar-refractivity contribution >= 4 is 21.5 Å². The average Bonchev–Trinajstić information content (AvgIpc) is 2.88. The van der Waals surface area contributed by atoms with E-state index in [1.54, 1.807) is 12.3 Å². The molecule has 4 rings (SSSR count). The number of rotatable bonds is 3. The maximum Gasteiger partial charge on any atom is 0.209 e. The summed E-state index contributed by atoms with van der Waals surface area (Å²) in [7, 11) is -3.25. The average molecular weight is 372 g/mol. The molecule has 138 valence electrons. The van der Waals surface area contributed by atoms with Crippen molar-refractivity contribution in [1.82, 2.24) is 9.71 Å². The number of nitrogen functional groups attached to an aromatic ring is 1. The number of anilines is 2. The summed E-state index contributed by atoms with van der Waals surface area (Å²) in [6.07, 6.45) is 5.74. The van der Waals surface area contributed by atoms with Crippen molar-refractivity contribution in [2.45, 2.75) is 30.7 Å². The highest BCUT2D eigenvalue weighted by Crippen LogP contribution is 2.51. The first-order chi connectivity index (χ1) is 12.4. The molecule has 2 aliphatic rings. The molecule has 1 fully saturated rings. The zero-order valence-corrected chi connectivity index (χ0v) is 15.7. The topological polar surface area (TPSA) is 88.3 Å². The number of aromatic nitrogens is 1. The van der Waals surface area contributed by atoms with Gasteiger partial charge >= 0.3 is 0 Å². The lowest BCUT2D eigenvalue weighted by molar-refractivity contribution is 0.310. The van der Waals surface area contributed by atoms with Crippen molar-refractivity contribution in [2.24, 2.45) is 0 Å². The Morgan fingerprint density at radius 3 is 2.65 bits per heavy atom. The van der Waals surface area contributed by atoms with E-state index in [0.29, 0.717) is 0 Å². The molecule has 2 heterocycles. The van der Waals surface area contributed by atoms with Gasteiger partial charge in [0.25, 0.3) is 0 Å². The van der Waals surface area contributed by atoms with Crippen molar-refractivity contribution in [1.29, 1.82) is 0 Å². The van der Waals surface area contributed by atoms with Gasteiger partial charge in [-0.2, -0.15) is 0 Å². The third kappa shape index (κ3) is 3.17. The number of nitrogens with one attached hydrogen (secondary N) is 1. The lowest BCUT2D eigenvalue weighted by Crippen LogP contribution is -2.42. The summed E-state index contributed by atoms with van der Waals surface area (Å²) >= 11 is 0. The Kier molecular flexibility index (Phi) is 4.16. The molecule has 1 atom stereocenters. The van der Waals surface area contributed by atoms with Crippen LogP contribution in [0.25, 0.3) is 0 Å². The number of fused-ring (bicyclic) bond motifs is 2. The summed E-state index contributed by atoms with van der Waals surface area (Å²) in [6.45, 7) is 1.77. The van der Waals surface area contributed by atoms with Crippen LogP contribution < -0.4 is 15.4 Å². The van der Waals surface area contributed by atoms with Gasteiger partial charge in [-0.05, 0) is 36.5 Å². The molecule has 1 saturated heterocycles. The second kappa shape index (κ2) is 6.25. The summed E-state index contributed by atoms with van der Waals surface area (Å²) in [5.41, 5.74) is 9.05. The molecule has 6 nitrogen and oxygen atoms in total. The van der Waals surface area contributed by atoms with E-state index in [-0.39, 0.29) is 11.5 Å². The summed E-state index contributed by atoms with van der Waals surface area (Å²) in [5.74, 6) is 0.914. The molecule has 1 aromatic carbocycles. The Morgan fingerprint density at radius 2 is 1.96 bits per heavy atom. The highest BCUT2D eigenvalue weighted by atomic mass is 32.2. The first-order valence-corrected chi connectivity index (χ1v) is 10.8. The summed E-state index contributed by atoms with van der Waals surface area (Å²) in [5, 5.41) is 0. The quantitative estimate of drug-likeness (QED) is 0.862. The molecular formula is C19H24N4O2S. The number of hydrogen-bond donors (Lipinski definition) is 2. The Bertz CT molecular complexity index is 921. The van der Waals surface area contributed by atoms with Gasteiger partial charge in [0.1, 0.15) is 5.82 Å². The van der Waals surface area contributed by atoms with Crippen LogP contribution in [0, 0.1) is 0 Å². The number of nitrogens with two attached hydrogens (primary N) is 1. The van der Waals surface area contributed by atoms with Crippen molar-refractivity contribution in [2.75, 3.05) is 30.0 Å². The summed E-state index contributed by atoms with van der Waals surface area (Å²) in [6, 6.07) is 11.8. The minimum Gasteiger partial charge on any atom is -0.399 e. The molecule has 0 bridgehead atoms. The molecule has 26 heavy (non-hydrogen) atoms. The molecule has 1 aromatic heterocycles. The molecule has 3 N–H and O–H groups in total. The van der Waals surface area contributed by atoms with Crippen LogP contribution in [0.4, 0.5) is 11.5 Å². The van der Waals surface area contributed by atoms with Crippen LogP contribution in [-0.4, -0.2) is 32.7 Å². The monoisotopic (exact) mass is 372 g/mol. The van der Waals surface area contributed by atoms with E-state index in [0.717, 1.165) is 49.4 Å². The van der Waals surface area contributed by atoms with Gasteiger partial charge in [-0.3, -0.25) is 0 Å². The summed E-state index contributed by atoms with van der Waals surface area (Å²) < 4.78 is 26.4. The predicted molar refractivity (Wildman–Crippen MR) is 104 cm³/mol. The molecular weight excluding hydrogens is 348 g/mol. The molecule has 1 aliphatic heterocycles. The Balaban J connectivity index is 1.58. The van der Waals surface area contributed by atoms with Crippen LogP contribution in [0.15, 0.2) is 42.6 Å². The Hall–Kier alpha value is -2.12. The lowest BCUT2D eigenvalue weighted by Gasteiger charge is -2.41. The van der Waals surface area contributed by atoms with Gasteiger partial charge in [0.05, 0.1) is 6.26 Å². The molecule has 0 saturated carbocycles. The second-order valence-electron chi connectivity index (χ2n) is 7.45. The smallest absolute Gasteiger partial charge is 0.209 e. The number of sulfonamides is 1. The molecule has 1 unspecified atom stereocenters. The molecule has 1 spiro atoms. The maximum absolute atomic E-state index is 11.8. The standard InChI is InChI=1S/C19H24N4O2S/c1-26(24,25)22-17-13-19(16-5-3-2-4-15(16)17)7-10-23(11-8-19)18-12-14(20)6-9-21-18/h2-6,9,12,17,22H,7-8,10-11,13H2,1H3,(H2,20,21). The third-order valence-corrected chi connectivity index (χ3v) is 6.39. The zero-order valence-electron chi connectivity index (χ0n) is 14.9. The van der Waals surface area contributed by atoms with E-state index in [9.17, 15) is 8.42 Å². The Morgan fingerprint density at radius 1 is 1.23 bits per heavy atom. The predicted octanol–water partition coefficient (Wildman–Crippen LogP) is 2.20. The van der Waals surface area contributed by atoms with Gasteiger partial charge in [-0.25, -0.2) is 18.1 Å². The largest absolute Gasteiger partial charge is 0.399 e. The number of pyridine rings is 1. The van der Waals surface area contributed by atoms with Gasteiger partial charge in [0.2, 0.25) is 10.0 Å². The fraction of sp³-hybridized carbons (Fsp3) is 0.421. The van der Waals surface area contributed by atoms with Gasteiger partial charge in [0.15, 0.2) is 0 Å². The fourth-order valence-corrected chi connectivity index (χ4v) is 5.23. The third-order valence-electron chi connectivity index (χ3n) is 5.67. The van der Waals surface area contributed by atoms with E-state index >= 15 is 0 Å². The van der Waals surface area contributed by atoms with Crippen LogP contribution in [0.2, 0.25) is 0 Å². The fourth-order valence-electron chi connectivity index (χ4n) is 4.50. The first-order valence-electron chi connectivity index (χ1n) is 8.90. The van der Waals surface area contributed by atoms with E-state index in [1.165, 1.54) is 11.8 Å². The SMILES string of the molecule is CS(=O)(=O)NC1CC2(CCN(c3cc(N)ccn3)CC2)c2ccccc21. The molecule has 2 aromatic rings. The zero-order chi connectivity index (χ0) is 18.4. The van der Waals surface area contributed by atoms with Crippen LogP contribution in [0.5, 0.6) is 0 Å². The highest BCUT2D eigenvalue weighted by Gasteiger charge is 2.46. The lowest BCUT2D eigenvalue weighted by atomic mass is 9.73. The van der Waals surface area contributed by atoms with Crippen LogP contribution in [0.1, 0.15) is 36.4 Å². The van der Waals surface area contributed by atoms with Gasteiger partial charge in [-0.15, -0.1) is 0 Å². The van der Waals surface area contributed by atoms with Crippen LogP contribution in [-0.2, 0) is 15.4 Å². The van der Waals surface area contributed by atoms with Crippen LogP contribution in [0.3, 0.4) is 0 Å². The number of hydrogen-bond acceptors (Lipinski definition) is 5. The van der Waals surface area contributed by atoms with Crippen molar-refractivity contribution < 1.29 is 8.42 Å². The second-order valence-corrected chi connectivity index (χ2v) is 9.23. The first kappa shape index (κ1) is 17.3. The van der Waals surface area contributed by atoms with Gasteiger partial charge in [0, 0.05) is 42.5 Å². The van der Waals surface area contributed by atoms with E-state index in [1.807, 2.05) is 12.1 Å². The molecule has 7 heteroatoms. The van der Waals surface area contributed by atoms with Crippen LogP contribution >= 0.6 is 0 Å². The Labute approximate surface area is 154 Å². The van der Waals surface area contributed by atoms with Crippen molar-refractivity contribution in [3.05, 3.63) is 53.7 Å². The number of benzene rings is 1. The number of nitrogens with zero attached hydrogens (tertiary/aromatic N) is 2. The normalized spacial score (nSPS) is 21.7. The molecule has 0 amide bonds. The molecule has 0 radical (unpaired) electrons. The summed E-state index contributed by atoms with van der Waals surface area (Å²) in [4.78, 5) is 6.71. The maximum atomic E-state index is 11.8. The minimum absolute atomic E-state index is 0.0236. The van der Waals surface area contributed by atoms with Crippen molar-refractivity contribution in [3.8, 4) is 0 Å². The van der Waals surface area contributed by atoms with Gasteiger partial charge in [-0.1, -0.05) is 24.3 Å². The number of piperidine rings is 1. The minimum atomic E-state index is -3.25. The molecule has 1 aliphatic carbocycles.